The van der Waals surface area contributed by atoms with Crippen molar-refractivity contribution < 1.29 is 4.48 Å². The van der Waals surface area contributed by atoms with Gasteiger partial charge in [-0.2, -0.15) is 0 Å². The van der Waals surface area contributed by atoms with E-state index in [-0.39, 0.29) is 0 Å². The largest absolute Gasteiger partial charge is 0.512 e. The van der Waals surface area contributed by atoms with Crippen LogP contribution in [-0.2, 0) is 0 Å². The summed E-state index contributed by atoms with van der Waals surface area (Å²) in [5.74, 6) is 0. The summed E-state index contributed by atoms with van der Waals surface area (Å²) in [6.07, 6.45) is 14.5. The van der Waals surface area contributed by atoms with E-state index in [2.05, 4.69) is 13.8 Å². The minimum absolute atomic E-state index is 1.37. The standard InChI is InChI=1S/C16H34N.CN/c1-3-5-6-7-8-10-14-17(13-4-2)15-11-9-12-16-17;1-2/h3-16H2,1-2H3;/q+1;-1. The number of unbranched alkanes of at least 4 members (excludes halogenated alkanes) is 5. The van der Waals surface area contributed by atoms with E-state index in [4.69, 9.17) is 11.8 Å². The molecule has 0 bridgehead atoms. The third-order valence-corrected chi connectivity index (χ3v) is 4.45. The molecule has 0 aromatic rings. The van der Waals surface area contributed by atoms with Gasteiger partial charge in [0, 0.05) is 0 Å². The van der Waals surface area contributed by atoms with Gasteiger partial charge in [0.05, 0.1) is 26.2 Å². The average Bonchev–Trinajstić information content (AvgIpc) is 2.46. The van der Waals surface area contributed by atoms with Crippen LogP contribution in [0, 0.1) is 11.8 Å². The van der Waals surface area contributed by atoms with Crippen LogP contribution in [0.3, 0.4) is 0 Å². The van der Waals surface area contributed by atoms with Crippen molar-refractivity contribution >= 4 is 0 Å². The van der Waals surface area contributed by atoms with E-state index in [9.17, 15) is 0 Å². The lowest BCUT2D eigenvalue weighted by molar-refractivity contribution is -0.932. The van der Waals surface area contributed by atoms with Crippen LogP contribution in [0.5, 0.6) is 0 Å². The van der Waals surface area contributed by atoms with E-state index in [1.54, 1.807) is 0 Å². The van der Waals surface area contributed by atoms with Gasteiger partial charge < -0.3 is 16.3 Å². The van der Waals surface area contributed by atoms with Gasteiger partial charge in [0.25, 0.3) is 0 Å². The predicted octanol–water partition coefficient (Wildman–Crippen LogP) is 4.85. The molecule has 112 valence electrons. The maximum Gasteiger partial charge on any atom is 0.0786 e. The van der Waals surface area contributed by atoms with E-state index in [0.717, 1.165) is 0 Å². The fraction of sp³-hybridized carbons (Fsp3) is 0.941. The molecule has 0 atom stereocenters. The average molecular weight is 266 g/mol. The van der Waals surface area contributed by atoms with Gasteiger partial charge >= 0.3 is 0 Å². The first-order valence-electron chi connectivity index (χ1n) is 8.40. The molecule has 2 heteroatoms. The van der Waals surface area contributed by atoms with Gasteiger partial charge in [-0.1, -0.05) is 39.5 Å². The second-order valence-corrected chi connectivity index (χ2v) is 6.06. The van der Waals surface area contributed by atoms with E-state index in [0.29, 0.717) is 0 Å². The third kappa shape index (κ3) is 8.26. The zero-order chi connectivity index (χ0) is 14.4. The van der Waals surface area contributed by atoms with Gasteiger partial charge in [-0.3, -0.25) is 0 Å². The second kappa shape index (κ2) is 12.5. The Morgan fingerprint density at radius 3 is 1.89 bits per heavy atom. The summed E-state index contributed by atoms with van der Waals surface area (Å²) < 4.78 is 1.46. The Hall–Kier alpha value is -0.550. The van der Waals surface area contributed by atoms with Crippen LogP contribution in [0.15, 0.2) is 0 Å². The van der Waals surface area contributed by atoms with Crippen LogP contribution in [-0.4, -0.2) is 30.7 Å². The minimum atomic E-state index is 1.37. The lowest BCUT2D eigenvalue weighted by atomic mass is 10.0. The summed E-state index contributed by atoms with van der Waals surface area (Å²) in [4.78, 5) is 0. The monoisotopic (exact) mass is 266 g/mol. The Morgan fingerprint density at radius 2 is 1.32 bits per heavy atom. The molecule has 0 aliphatic carbocycles. The normalized spacial score (nSPS) is 17.5. The SMILES string of the molecule is CCCCCCCC[N+]1(CCC)CCCCC1.[C-]#N. The Morgan fingerprint density at radius 1 is 0.737 bits per heavy atom. The van der Waals surface area contributed by atoms with Gasteiger partial charge in [-0.05, 0) is 38.5 Å². The summed E-state index contributed by atoms with van der Waals surface area (Å²) in [5.41, 5.74) is 0. The molecule has 1 fully saturated rings. The summed E-state index contributed by atoms with van der Waals surface area (Å²) in [6, 6.07) is 0. The molecule has 1 heterocycles. The van der Waals surface area contributed by atoms with E-state index < -0.39 is 0 Å². The molecule has 2 nitrogen and oxygen atoms in total. The molecule has 19 heavy (non-hydrogen) atoms. The molecule has 0 aromatic heterocycles. The maximum atomic E-state index is 6.25. The molecule has 0 aromatic carbocycles. The number of hydrogen-bond donors (Lipinski definition) is 0. The quantitative estimate of drug-likeness (QED) is 0.332. The van der Waals surface area contributed by atoms with Crippen molar-refractivity contribution in [1.29, 1.82) is 5.26 Å². The van der Waals surface area contributed by atoms with Crippen LogP contribution in [0.2, 0.25) is 0 Å². The molecular weight excluding hydrogens is 232 g/mol. The van der Waals surface area contributed by atoms with Crippen molar-refractivity contribution in [3.05, 3.63) is 6.57 Å². The van der Waals surface area contributed by atoms with Gasteiger partial charge in [-0.25, -0.2) is 0 Å². The number of rotatable bonds is 9. The minimum Gasteiger partial charge on any atom is -0.512 e. The molecule has 1 rings (SSSR count). The molecular formula is C17H34N2. The molecule has 0 amide bonds. The first kappa shape index (κ1) is 18.4. The molecule has 0 N–H and O–H groups in total. The highest BCUT2D eigenvalue weighted by Crippen LogP contribution is 2.21. The highest BCUT2D eigenvalue weighted by Gasteiger charge is 2.27. The second-order valence-electron chi connectivity index (χ2n) is 6.06. The number of piperidine rings is 1. The van der Waals surface area contributed by atoms with Crippen molar-refractivity contribution in [2.45, 2.75) is 78.1 Å². The Bertz CT molecular complexity index is 199. The highest BCUT2D eigenvalue weighted by molar-refractivity contribution is 4.55. The first-order chi connectivity index (χ1) is 9.33. The first-order valence-corrected chi connectivity index (χ1v) is 8.40. The molecule has 0 radical (unpaired) electrons. The Balaban J connectivity index is 0.00000154. The van der Waals surface area contributed by atoms with Crippen molar-refractivity contribution in [3.63, 3.8) is 0 Å². The van der Waals surface area contributed by atoms with Gasteiger partial charge in [-0.15, -0.1) is 0 Å². The number of quaternary nitrogens is 1. The lowest BCUT2D eigenvalue weighted by Gasteiger charge is -2.41. The van der Waals surface area contributed by atoms with Crippen molar-refractivity contribution in [3.8, 4) is 0 Å². The van der Waals surface area contributed by atoms with Gasteiger partial charge in [0.15, 0.2) is 0 Å². The molecule has 1 aliphatic rings. The van der Waals surface area contributed by atoms with Gasteiger partial charge in [0.2, 0.25) is 0 Å². The third-order valence-electron chi connectivity index (χ3n) is 4.45. The zero-order valence-electron chi connectivity index (χ0n) is 13.3. The predicted molar refractivity (Wildman–Crippen MR) is 82.2 cm³/mol. The Labute approximate surface area is 121 Å². The number of nitrogens with zero attached hydrogens (tertiary/aromatic N) is 2. The molecule has 0 saturated carbocycles. The summed E-state index contributed by atoms with van der Waals surface area (Å²) >= 11 is 0. The molecule has 0 spiro atoms. The zero-order valence-corrected chi connectivity index (χ0v) is 13.3. The summed E-state index contributed by atoms with van der Waals surface area (Å²) in [5, 5.41) is 6.25. The van der Waals surface area contributed by atoms with Crippen LogP contribution in [0.4, 0.5) is 0 Å². The number of likely N-dealkylation sites (tertiary alicyclic amines) is 1. The topological polar surface area (TPSA) is 23.8 Å². The van der Waals surface area contributed by atoms with E-state index >= 15 is 0 Å². The Kier molecular flexibility index (Phi) is 12.1. The molecule has 1 aliphatic heterocycles. The van der Waals surface area contributed by atoms with Crippen molar-refractivity contribution in [2.75, 3.05) is 26.2 Å². The van der Waals surface area contributed by atoms with Crippen LogP contribution in [0.1, 0.15) is 78.1 Å². The molecule has 0 unspecified atom stereocenters. The van der Waals surface area contributed by atoms with Crippen LogP contribution in [0.25, 0.3) is 0 Å². The maximum absolute atomic E-state index is 6.25. The smallest absolute Gasteiger partial charge is 0.0786 e. The summed E-state index contributed by atoms with van der Waals surface area (Å²) in [7, 11) is 0. The fourth-order valence-corrected chi connectivity index (χ4v) is 3.44. The molecule has 1 saturated heterocycles. The number of hydrogen-bond acceptors (Lipinski definition) is 1. The van der Waals surface area contributed by atoms with E-state index in [1.807, 2.05) is 0 Å². The van der Waals surface area contributed by atoms with Crippen LogP contribution < -0.4 is 0 Å². The summed E-state index contributed by atoms with van der Waals surface area (Å²) in [6.45, 7) is 15.3. The fourth-order valence-electron chi connectivity index (χ4n) is 3.44. The van der Waals surface area contributed by atoms with Crippen molar-refractivity contribution in [1.82, 2.24) is 0 Å². The lowest BCUT2D eigenvalue weighted by Crippen LogP contribution is -2.52. The highest BCUT2D eigenvalue weighted by atomic mass is 15.3. The van der Waals surface area contributed by atoms with Gasteiger partial charge in [0.1, 0.15) is 0 Å². The van der Waals surface area contributed by atoms with Crippen LogP contribution >= 0.6 is 0 Å². The van der Waals surface area contributed by atoms with Crippen molar-refractivity contribution in [2.24, 2.45) is 0 Å². The van der Waals surface area contributed by atoms with E-state index in [1.165, 1.54) is 94.9 Å².